The number of nitrogens with one attached hydrogen (secondary N) is 2. The van der Waals surface area contributed by atoms with E-state index in [9.17, 15) is 9.59 Å². The van der Waals surface area contributed by atoms with Crippen LogP contribution in [0.3, 0.4) is 0 Å². The maximum absolute atomic E-state index is 15.7. The highest BCUT2D eigenvalue weighted by Gasteiger charge is 2.48. The van der Waals surface area contributed by atoms with Crippen molar-refractivity contribution in [2.24, 2.45) is 5.41 Å². The molecule has 0 unspecified atom stereocenters. The van der Waals surface area contributed by atoms with E-state index in [1.54, 1.807) is 57.6 Å². The zero-order chi connectivity index (χ0) is 37.3. The summed E-state index contributed by atoms with van der Waals surface area (Å²) in [5, 5.41) is 7.17. The van der Waals surface area contributed by atoms with Gasteiger partial charge in [-0.25, -0.2) is 14.4 Å². The minimum atomic E-state index is -0.476. The molecule has 0 aliphatic carbocycles. The average molecular weight is 762 g/mol. The zero-order valence-corrected chi connectivity index (χ0v) is 31.6. The number of carbonyl (C=O) groups is 2. The molecule has 53 heavy (non-hydrogen) atoms. The Kier molecular flexibility index (Phi) is 10.8. The molecule has 7 rings (SSSR count). The summed E-state index contributed by atoms with van der Waals surface area (Å²) in [5.41, 5.74) is 4.37. The Morgan fingerprint density at radius 1 is 0.906 bits per heavy atom. The normalized spacial score (nSPS) is 17.2. The van der Waals surface area contributed by atoms with Gasteiger partial charge in [-0.05, 0) is 50.1 Å². The lowest BCUT2D eigenvalue weighted by Crippen LogP contribution is -2.58. The molecule has 3 aliphatic rings. The Hall–Kier alpha value is -4.36. The Bertz CT molecular complexity index is 2020. The number of amides is 2. The number of halogens is 3. The van der Waals surface area contributed by atoms with E-state index >= 15 is 4.39 Å². The molecule has 3 fully saturated rings. The first kappa shape index (κ1) is 37.0. The second kappa shape index (κ2) is 15.5. The third kappa shape index (κ3) is 7.82. The Labute approximate surface area is 318 Å². The quantitative estimate of drug-likeness (QED) is 0.186. The van der Waals surface area contributed by atoms with Crippen LogP contribution in [0.2, 0.25) is 10.0 Å². The number of likely N-dealkylation sites (tertiary alicyclic amines) is 3. The van der Waals surface area contributed by atoms with Crippen molar-refractivity contribution < 1.29 is 18.7 Å². The number of pyridine rings is 3. The predicted molar refractivity (Wildman–Crippen MR) is 204 cm³/mol. The fourth-order valence-electron chi connectivity index (χ4n) is 7.69. The lowest BCUT2D eigenvalue weighted by Gasteiger charge is -2.47. The molecular weight excluding hydrogens is 718 g/mol. The summed E-state index contributed by atoms with van der Waals surface area (Å²) in [6, 6.07) is 13.0. The molecule has 0 radical (unpaired) electrons. The molecule has 0 saturated carbocycles. The number of aromatic nitrogens is 3. The van der Waals surface area contributed by atoms with Gasteiger partial charge in [-0.2, -0.15) is 0 Å². The second-order valence-corrected chi connectivity index (χ2v) is 15.1. The van der Waals surface area contributed by atoms with Crippen LogP contribution in [0, 0.1) is 11.2 Å². The number of anilines is 2. The highest BCUT2D eigenvalue weighted by atomic mass is 35.5. The van der Waals surface area contributed by atoms with E-state index in [2.05, 4.69) is 25.5 Å². The highest BCUT2D eigenvalue weighted by Crippen LogP contribution is 2.42. The lowest BCUT2D eigenvalue weighted by atomic mass is 9.79. The minimum absolute atomic E-state index is 0.0498. The first-order valence-corrected chi connectivity index (χ1v) is 18.6. The maximum Gasteiger partial charge on any atom is 0.219 e. The van der Waals surface area contributed by atoms with E-state index in [-0.39, 0.29) is 29.1 Å². The van der Waals surface area contributed by atoms with Crippen molar-refractivity contribution in [3.8, 4) is 28.4 Å². The van der Waals surface area contributed by atoms with Crippen molar-refractivity contribution in [2.75, 3.05) is 51.7 Å². The van der Waals surface area contributed by atoms with Gasteiger partial charge in [0.1, 0.15) is 0 Å². The van der Waals surface area contributed by atoms with E-state index in [1.165, 1.54) is 0 Å². The number of hydrogen-bond acceptors (Lipinski definition) is 9. The fraction of sp³-hybridized carbons (Fsp3) is 0.410. The summed E-state index contributed by atoms with van der Waals surface area (Å²) < 4.78 is 21.5. The van der Waals surface area contributed by atoms with Crippen LogP contribution in [0.4, 0.5) is 15.9 Å². The number of nitrogens with zero attached hydrogens (tertiary/aromatic N) is 6. The van der Waals surface area contributed by atoms with Crippen molar-refractivity contribution in [2.45, 2.75) is 52.2 Å². The monoisotopic (exact) mass is 760 g/mol. The van der Waals surface area contributed by atoms with Crippen molar-refractivity contribution in [1.82, 2.24) is 35.0 Å². The van der Waals surface area contributed by atoms with Crippen LogP contribution in [0.5, 0.6) is 5.88 Å². The minimum Gasteiger partial charge on any atom is -0.481 e. The molecule has 0 atom stereocenters. The maximum atomic E-state index is 15.7. The smallest absolute Gasteiger partial charge is 0.219 e. The summed E-state index contributed by atoms with van der Waals surface area (Å²) in [6.07, 6.45) is 5.92. The molecule has 2 N–H and O–H groups in total. The van der Waals surface area contributed by atoms with Gasteiger partial charge in [0.05, 0.1) is 34.2 Å². The van der Waals surface area contributed by atoms with Crippen LogP contribution in [-0.4, -0.2) is 93.9 Å². The molecule has 278 valence electrons. The SMILES string of the molecule is COc1nc(-c2ccnc(-c3cccc(Nc4nccc(CNC5CCN(C(C)=O)CC5)c4F)c3Cl)c2Cl)ccc1CN1CCC2(C1)CN(C(C)=O)C2. The molecule has 1 aromatic carbocycles. The molecule has 1 spiro atoms. The van der Waals surface area contributed by atoms with E-state index in [0.29, 0.717) is 75.9 Å². The summed E-state index contributed by atoms with van der Waals surface area (Å²) in [5.74, 6) is 0.311. The molecule has 14 heteroatoms. The third-order valence-corrected chi connectivity index (χ3v) is 11.5. The molecule has 11 nitrogen and oxygen atoms in total. The van der Waals surface area contributed by atoms with Gasteiger partial charge in [-0.1, -0.05) is 41.4 Å². The van der Waals surface area contributed by atoms with E-state index in [1.807, 2.05) is 28.0 Å². The summed E-state index contributed by atoms with van der Waals surface area (Å²) in [7, 11) is 1.61. The molecule has 3 aliphatic heterocycles. The Morgan fingerprint density at radius 2 is 1.66 bits per heavy atom. The third-order valence-electron chi connectivity index (χ3n) is 10.7. The second-order valence-electron chi connectivity index (χ2n) is 14.3. The van der Waals surface area contributed by atoms with Crippen LogP contribution in [-0.2, 0) is 22.7 Å². The number of benzene rings is 1. The number of methoxy groups -OCH3 is 1. The zero-order valence-electron chi connectivity index (χ0n) is 30.1. The summed E-state index contributed by atoms with van der Waals surface area (Å²) in [4.78, 5) is 43.2. The van der Waals surface area contributed by atoms with Crippen molar-refractivity contribution >= 4 is 46.5 Å². The molecule has 3 saturated heterocycles. The van der Waals surface area contributed by atoms with Gasteiger partial charge in [-0.15, -0.1) is 0 Å². The van der Waals surface area contributed by atoms with Crippen LogP contribution in [0.25, 0.3) is 22.5 Å². The van der Waals surface area contributed by atoms with E-state index < -0.39 is 5.82 Å². The fourth-order valence-corrected chi connectivity index (χ4v) is 8.27. The lowest BCUT2D eigenvalue weighted by molar-refractivity contribution is -0.140. The largest absolute Gasteiger partial charge is 0.481 e. The van der Waals surface area contributed by atoms with Crippen molar-refractivity contribution in [1.29, 1.82) is 0 Å². The molecular formula is C39H43Cl2FN8O3. The number of rotatable bonds is 10. The molecule has 0 bridgehead atoms. The Morgan fingerprint density at radius 3 is 2.40 bits per heavy atom. The Balaban J connectivity index is 1.05. The number of piperidine rings is 1. The van der Waals surface area contributed by atoms with Gasteiger partial charge < -0.3 is 25.2 Å². The molecule has 3 aromatic heterocycles. The van der Waals surface area contributed by atoms with Crippen LogP contribution in [0.15, 0.2) is 54.9 Å². The van der Waals surface area contributed by atoms with E-state index in [0.717, 1.165) is 51.0 Å². The number of carbonyl (C=O) groups excluding carboxylic acids is 2. The molecule has 6 heterocycles. The predicted octanol–water partition coefficient (Wildman–Crippen LogP) is 6.56. The van der Waals surface area contributed by atoms with Crippen LogP contribution in [0.1, 0.15) is 44.2 Å². The topological polar surface area (TPSA) is 116 Å². The van der Waals surface area contributed by atoms with Gasteiger partial charge in [0.15, 0.2) is 11.6 Å². The van der Waals surface area contributed by atoms with Gasteiger partial charge in [0, 0.05) is 106 Å². The van der Waals surface area contributed by atoms with Crippen LogP contribution >= 0.6 is 23.2 Å². The standard InChI is InChI=1S/C39H43Cl2FN8O3/c1-24(51)49-16-11-28(12-17-49)45-19-26-9-14-44-37(35(26)42)46-32-6-4-5-30(33(32)40)36-34(41)29(10-15-43-36)31-8-7-27(38(47-31)53-3)20-48-18-13-39(21-48)22-50(23-39)25(2)52/h4-10,14-15,28,45H,11-13,16-23H2,1-3H3,(H,44,46). The highest BCUT2D eigenvalue weighted by molar-refractivity contribution is 6.39. The summed E-state index contributed by atoms with van der Waals surface area (Å²) >= 11 is 14.0. The molecule has 4 aromatic rings. The number of hydrogen-bond donors (Lipinski definition) is 2. The first-order valence-electron chi connectivity index (χ1n) is 17.9. The van der Waals surface area contributed by atoms with Crippen molar-refractivity contribution in [3.63, 3.8) is 0 Å². The van der Waals surface area contributed by atoms with Crippen molar-refractivity contribution in [3.05, 3.63) is 81.8 Å². The summed E-state index contributed by atoms with van der Waals surface area (Å²) in [6.45, 7) is 9.15. The average Bonchev–Trinajstić information content (AvgIpc) is 3.57. The van der Waals surface area contributed by atoms with Gasteiger partial charge in [0.25, 0.3) is 0 Å². The first-order chi connectivity index (χ1) is 25.5. The van der Waals surface area contributed by atoms with E-state index in [4.69, 9.17) is 32.9 Å². The van der Waals surface area contributed by atoms with Gasteiger partial charge >= 0.3 is 0 Å². The molecule has 2 amide bonds. The van der Waals surface area contributed by atoms with Crippen LogP contribution < -0.4 is 15.4 Å². The number of ether oxygens (including phenoxy) is 1. The van der Waals surface area contributed by atoms with Gasteiger partial charge in [0.2, 0.25) is 17.7 Å². The van der Waals surface area contributed by atoms with Gasteiger partial charge in [-0.3, -0.25) is 19.5 Å².